The van der Waals surface area contributed by atoms with E-state index in [0.29, 0.717) is 36.7 Å². The topological polar surface area (TPSA) is 101 Å². The largest absolute Gasteiger partial charge is 0.508 e. The number of nitrogens with zero attached hydrogens (tertiary/aromatic N) is 3. The fourth-order valence-electron chi connectivity index (χ4n) is 6.94. The van der Waals surface area contributed by atoms with Crippen molar-refractivity contribution in [3.8, 4) is 16.9 Å². The molecule has 2 heterocycles. The third-order valence-electron chi connectivity index (χ3n) is 9.86. The average Bonchev–Trinajstić information content (AvgIpc) is 3.19. The molecule has 0 atom stereocenters. The summed E-state index contributed by atoms with van der Waals surface area (Å²) in [5.74, 6) is -3.03. The molecule has 0 saturated carbocycles. The van der Waals surface area contributed by atoms with Gasteiger partial charge < -0.3 is 24.9 Å². The summed E-state index contributed by atoms with van der Waals surface area (Å²) in [6.45, 7) is 4.72. The van der Waals surface area contributed by atoms with E-state index < -0.39 is 12.1 Å². The maximum atomic E-state index is 13.9. The highest BCUT2D eigenvalue weighted by Crippen LogP contribution is 2.28. The molecule has 0 aromatic heterocycles. The van der Waals surface area contributed by atoms with Crippen molar-refractivity contribution in [2.75, 3.05) is 32.7 Å². The van der Waals surface area contributed by atoms with E-state index in [9.17, 15) is 32.3 Å². The van der Waals surface area contributed by atoms with E-state index in [0.717, 1.165) is 48.2 Å². The minimum atomic E-state index is -5.08. The number of amides is 2. The van der Waals surface area contributed by atoms with Crippen LogP contribution in [-0.2, 0) is 22.6 Å². The molecular formula is C43H45F4N3O5. The molecule has 2 fully saturated rings. The minimum Gasteiger partial charge on any atom is -0.508 e. The summed E-state index contributed by atoms with van der Waals surface area (Å²) < 4.78 is 45.5. The van der Waals surface area contributed by atoms with Crippen molar-refractivity contribution >= 4 is 23.9 Å². The van der Waals surface area contributed by atoms with Crippen LogP contribution in [0.15, 0.2) is 103 Å². The van der Waals surface area contributed by atoms with Crippen LogP contribution in [0.4, 0.5) is 17.6 Å². The van der Waals surface area contributed by atoms with Gasteiger partial charge in [-0.2, -0.15) is 13.2 Å². The number of rotatable bonds is 10. The molecular weight excluding hydrogens is 714 g/mol. The Morgan fingerprint density at radius 1 is 0.800 bits per heavy atom. The number of hydrogen-bond acceptors (Lipinski definition) is 5. The van der Waals surface area contributed by atoms with Crippen molar-refractivity contribution in [2.45, 2.75) is 57.3 Å². The lowest BCUT2D eigenvalue weighted by molar-refractivity contribution is -0.192. The third-order valence-corrected chi connectivity index (χ3v) is 9.86. The van der Waals surface area contributed by atoms with Gasteiger partial charge in [0.2, 0.25) is 5.91 Å². The molecule has 2 aliphatic rings. The maximum absolute atomic E-state index is 13.9. The number of aromatic hydroxyl groups is 1. The molecule has 2 aliphatic heterocycles. The molecule has 6 rings (SSSR count). The first kappa shape index (κ1) is 40.7. The van der Waals surface area contributed by atoms with E-state index in [-0.39, 0.29) is 23.4 Å². The fraction of sp³-hybridized carbons (Fsp3) is 0.326. The molecule has 0 bridgehead atoms. The van der Waals surface area contributed by atoms with Crippen molar-refractivity contribution in [3.05, 3.63) is 131 Å². The molecule has 12 heteroatoms. The van der Waals surface area contributed by atoms with Gasteiger partial charge in [-0.1, -0.05) is 67.1 Å². The van der Waals surface area contributed by atoms with Crippen LogP contribution in [0, 0.1) is 5.82 Å². The van der Waals surface area contributed by atoms with E-state index in [1.165, 1.54) is 50.6 Å². The number of aliphatic carboxylic acids is 1. The van der Waals surface area contributed by atoms with Gasteiger partial charge in [0.05, 0.1) is 0 Å². The Labute approximate surface area is 318 Å². The van der Waals surface area contributed by atoms with Crippen LogP contribution >= 0.6 is 0 Å². The summed E-state index contributed by atoms with van der Waals surface area (Å²) in [7, 11) is 0. The van der Waals surface area contributed by atoms with Crippen molar-refractivity contribution in [3.63, 3.8) is 0 Å². The summed E-state index contributed by atoms with van der Waals surface area (Å²) >= 11 is 0. The normalized spacial score (nSPS) is 15.3. The first-order chi connectivity index (χ1) is 26.4. The van der Waals surface area contributed by atoms with Crippen LogP contribution in [0.5, 0.6) is 5.75 Å². The average molecular weight is 760 g/mol. The lowest BCUT2D eigenvalue weighted by Crippen LogP contribution is -2.48. The van der Waals surface area contributed by atoms with Gasteiger partial charge in [0.1, 0.15) is 11.6 Å². The molecule has 0 aliphatic carbocycles. The second-order valence-electron chi connectivity index (χ2n) is 13.7. The molecule has 2 amide bonds. The number of phenolic OH excluding ortho intramolecular Hbond substituents is 1. The maximum Gasteiger partial charge on any atom is 0.490 e. The second-order valence-corrected chi connectivity index (χ2v) is 13.7. The fourth-order valence-corrected chi connectivity index (χ4v) is 6.94. The SMILES string of the molecule is O=C(/C=C/c1cccc(F)c1)N(CCc1ccc(O)cc1)Cc1cccc(-c2ccccc2C(=O)N2CCC(N3CCCCC3)CC2)c1.O=C(O)C(F)(F)F. The molecule has 8 nitrogen and oxygen atoms in total. The zero-order chi connectivity index (χ0) is 39.4. The molecule has 55 heavy (non-hydrogen) atoms. The van der Waals surface area contributed by atoms with Gasteiger partial charge in [0.25, 0.3) is 5.91 Å². The number of halogens is 4. The quantitative estimate of drug-likeness (QED) is 0.125. The minimum absolute atomic E-state index is 0.0706. The van der Waals surface area contributed by atoms with Gasteiger partial charge in [-0.3, -0.25) is 9.59 Å². The summed E-state index contributed by atoms with van der Waals surface area (Å²) in [4.78, 5) is 42.7. The predicted octanol–water partition coefficient (Wildman–Crippen LogP) is 8.21. The van der Waals surface area contributed by atoms with Crippen molar-refractivity contribution < 1.29 is 42.2 Å². The molecule has 0 radical (unpaired) electrons. The molecule has 2 saturated heterocycles. The number of carbonyl (C=O) groups excluding carboxylic acids is 2. The van der Waals surface area contributed by atoms with Crippen LogP contribution in [0.2, 0.25) is 0 Å². The number of phenols is 1. The van der Waals surface area contributed by atoms with Crippen molar-refractivity contribution in [2.24, 2.45) is 0 Å². The molecule has 2 N–H and O–H groups in total. The predicted molar refractivity (Wildman–Crippen MR) is 203 cm³/mol. The number of carbonyl (C=O) groups is 3. The summed E-state index contributed by atoms with van der Waals surface area (Å²) in [6.07, 6.45) is 4.56. The van der Waals surface area contributed by atoms with Gasteiger partial charge in [0.15, 0.2) is 0 Å². The number of carboxylic acids is 1. The van der Waals surface area contributed by atoms with Gasteiger partial charge in [-0.05, 0) is 115 Å². The number of alkyl halides is 3. The molecule has 4 aromatic carbocycles. The van der Waals surface area contributed by atoms with E-state index >= 15 is 0 Å². The Hall–Kier alpha value is -5.49. The highest BCUT2D eigenvalue weighted by Gasteiger charge is 2.38. The van der Waals surface area contributed by atoms with E-state index in [4.69, 9.17) is 9.90 Å². The number of benzene rings is 4. The number of likely N-dealkylation sites (tertiary alicyclic amines) is 2. The first-order valence-electron chi connectivity index (χ1n) is 18.4. The number of carboxylic acid groups (broad SMARTS) is 1. The summed E-state index contributed by atoms with van der Waals surface area (Å²) in [5.41, 5.74) is 5.07. The van der Waals surface area contributed by atoms with Gasteiger partial charge in [-0.15, -0.1) is 0 Å². The van der Waals surface area contributed by atoms with E-state index in [1.54, 1.807) is 35.2 Å². The number of hydrogen-bond donors (Lipinski definition) is 2. The Bertz CT molecular complexity index is 1940. The highest BCUT2D eigenvalue weighted by atomic mass is 19.4. The Kier molecular flexibility index (Phi) is 14.2. The lowest BCUT2D eigenvalue weighted by Gasteiger charge is -2.40. The van der Waals surface area contributed by atoms with Gasteiger partial charge >= 0.3 is 12.1 Å². The first-order valence-corrected chi connectivity index (χ1v) is 18.4. The van der Waals surface area contributed by atoms with Crippen LogP contribution < -0.4 is 0 Å². The second kappa shape index (κ2) is 19.2. The summed E-state index contributed by atoms with van der Waals surface area (Å²) in [6, 6.07) is 29.6. The molecule has 4 aromatic rings. The standard InChI is InChI=1S/C41H44FN3O3.C2HF3O2/c42-35-11-7-8-32(29-35)16-19-40(47)45(25-20-31-14-17-37(46)18-15-31)30-33-9-6-10-34(28-33)38-12-2-3-13-39(38)41(48)44-26-21-36(22-27-44)43-23-4-1-5-24-43;3-2(4,5)1(6)7/h2-3,6-19,28-29,36,46H,1,4-5,20-27,30H2;(H,6,7)/b19-16+;. The van der Waals surface area contributed by atoms with E-state index in [1.807, 2.05) is 59.5 Å². The van der Waals surface area contributed by atoms with Crippen LogP contribution in [-0.4, -0.2) is 87.6 Å². The zero-order valence-corrected chi connectivity index (χ0v) is 30.4. The molecule has 0 unspecified atom stereocenters. The molecule has 290 valence electrons. The van der Waals surface area contributed by atoms with Gasteiger partial charge in [-0.25, -0.2) is 9.18 Å². The Morgan fingerprint density at radius 2 is 1.47 bits per heavy atom. The third kappa shape index (κ3) is 12.0. The smallest absolute Gasteiger partial charge is 0.490 e. The molecule has 0 spiro atoms. The summed E-state index contributed by atoms with van der Waals surface area (Å²) in [5, 5.41) is 16.8. The Balaban J connectivity index is 0.000000757. The van der Waals surface area contributed by atoms with Crippen molar-refractivity contribution in [1.29, 1.82) is 0 Å². The van der Waals surface area contributed by atoms with Crippen LogP contribution in [0.25, 0.3) is 17.2 Å². The zero-order valence-electron chi connectivity index (χ0n) is 30.4. The lowest BCUT2D eigenvalue weighted by atomic mass is 9.95. The van der Waals surface area contributed by atoms with Crippen LogP contribution in [0.1, 0.15) is 59.2 Å². The monoisotopic (exact) mass is 759 g/mol. The van der Waals surface area contributed by atoms with Crippen molar-refractivity contribution in [1.82, 2.24) is 14.7 Å². The highest BCUT2D eigenvalue weighted by molar-refractivity contribution is 6.01. The Morgan fingerprint density at radius 3 is 2.15 bits per heavy atom. The van der Waals surface area contributed by atoms with Gasteiger partial charge in [0, 0.05) is 43.9 Å². The number of piperidine rings is 2. The van der Waals surface area contributed by atoms with Crippen LogP contribution in [0.3, 0.4) is 0 Å². The van der Waals surface area contributed by atoms with E-state index in [2.05, 4.69) is 11.0 Å².